The third-order valence-electron chi connectivity index (χ3n) is 2.90. The second kappa shape index (κ2) is 6.31. The van der Waals surface area contributed by atoms with Crippen LogP contribution in [0.5, 0.6) is 0 Å². The average Bonchev–Trinajstić information content (AvgIpc) is 3.00. The Morgan fingerprint density at radius 3 is 3.00 bits per heavy atom. The fourth-order valence-electron chi connectivity index (χ4n) is 1.74. The van der Waals surface area contributed by atoms with Crippen LogP contribution in [0.4, 0.5) is 5.13 Å². The van der Waals surface area contributed by atoms with E-state index in [1.807, 2.05) is 17.5 Å². The van der Waals surface area contributed by atoms with Gasteiger partial charge in [-0.25, -0.2) is 4.98 Å². The number of nitrogens with one attached hydrogen (secondary N) is 1. The lowest BCUT2D eigenvalue weighted by atomic mass is 10.2. The molecule has 1 unspecified atom stereocenters. The van der Waals surface area contributed by atoms with Crippen LogP contribution in [0.3, 0.4) is 0 Å². The first-order valence-electron chi connectivity index (χ1n) is 6.13. The predicted octanol–water partition coefficient (Wildman–Crippen LogP) is 3.83. The maximum absolute atomic E-state index is 4.36. The van der Waals surface area contributed by atoms with Crippen LogP contribution in [0.2, 0.25) is 0 Å². The minimum Gasteiger partial charge on any atom is -0.362 e. The van der Waals surface area contributed by atoms with E-state index < -0.39 is 0 Å². The molecule has 0 saturated heterocycles. The number of anilines is 1. The number of thiazole rings is 1. The van der Waals surface area contributed by atoms with Crippen molar-refractivity contribution in [2.45, 2.75) is 26.4 Å². The summed E-state index contributed by atoms with van der Waals surface area (Å²) in [5.74, 6) is 0. The lowest BCUT2D eigenvalue weighted by Crippen LogP contribution is -2.20. The topological polar surface area (TPSA) is 28.2 Å². The highest BCUT2D eigenvalue weighted by atomic mass is 32.1. The van der Waals surface area contributed by atoms with Gasteiger partial charge in [-0.05, 0) is 32.3 Å². The normalized spacial score (nSPS) is 12.9. The zero-order valence-electron chi connectivity index (χ0n) is 11.0. The molecule has 0 radical (unpaired) electrons. The van der Waals surface area contributed by atoms with Gasteiger partial charge in [0.1, 0.15) is 0 Å². The molecule has 18 heavy (non-hydrogen) atoms. The van der Waals surface area contributed by atoms with E-state index in [2.05, 4.69) is 53.6 Å². The summed E-state index contributed by atoms with van der Waals surface area (Å²) in [5.41, 5.74) is 0. The van der Waals surface area contributed by atoms with Crippen molar-refractivity contribution in [1.29, 1.82) is 0 Å². The molecule has 0 aliphatic heterocycles. The van der Waals surface area contributed by atoms with Crippen LogP contribution < -0.4 is 5.32 Å². The zero-order valence-corrected chi connectivity index (χ0v) is 12.6. The summed E-state index contributed by atoms with van der Waals surface area (Å²) in [6.07, 6.45) is 1.97. The highest BCUT2D eigenvalue weighted by Crippen LogP contribution is 2.26. The quantitative estimate of drug-likeness (QED) is 0.872. The zero-order chi connectivity index (χ0) is 13.0. The number of aromatic nitrogens is 1. The van der Waals surface area contributed by atoms with E-state index in [-0.39, 0.29) is 0 Å². The fourth-order valence-corrected chi connectivity index (χ4v) is 3.53. The van der Waals surface area contributed by atoms with E-state index in [9.17, 15) is 0 Å². The van der Waals surface area contributed by atoms with E-state index in [1.54, 1.807) is 11.3 Å². The van der Waals surface area contributed by atoms with Gasteiger partial charge in [-0.3, -0.25) is 4.90 Å². The van der Waals surface area contributed by atoms with Crippen molar-refractivity contribution in [3.63, 3.8) is 0 Å². The summed E-state index contributed by atoms with van der Waals surface area (Å²) >= 11 is 3.56. The molecule has 0 bridgehead atoms. The third kappa shape index (κ3) is 3.31. The van der Waals surface area contributed by atoms with Gasteiger partial charge in [-0.15, -0.1) is 22.7 Å². The minimum absolute atomic E-state index is 0.453. The summed E-state index contributed by atoms with van der Waals surface area (Å²) in [5, 5.41) is 6.40. The maximum Gasteiger partial charge on any atom is 0.182 e. The van der Waals surface area contributed by atoms with Crippen molar-refractivity contribution in [1.82, 2.24) is 9.88 Å². The van der Waals surface area contributed by atoms with Gasteiger partial charge in [-0.1, -0.05) is 6.07 Å². The molecule has 0 amide bonds. The highest BCUT2D eigenvalue weighted by molar-refractivity contribution is 7.15. The second-order valence-corrected chi connectivity index (χ2v) is 6.36. The number of thiophene rings is 1. The van der Waals surface area contributed by atoms with Crippen molar-refractivity contribution in [2.75, 3.05) is 18.9 Å². The van der Waals surface area contributed by atoms with Crippen LogP contribution in [-0.4, -0.2) is 23.5 Å². The van der Waals surface area contributed by atoms with Crippen molar-refractivity contribution in [3.05, 3.63) is 33.5 Å². The molecular weight excluding hydrogens is 262 g/mol. The first kappa shape index (κ1) is 13.5. The van der Waals surface area contributed by atoms with Gasteiger partial charge in [0.15, 0.2) is 5.13 Å². The first-order valence-corrected chi connectivity index (χ1v) is 7.82. The Morgan fingerprint density at radius 2 is 2.33 bits per heavy atom. The summed E-state index contributed by atoms with van der Waals surface area (Å²) in [4.78, 5) is 9.43. The number of hydrogen-bond donors (Lipinski definition) is 1. The standard InChI is InChI=1S/C13H19N3S2/c1-4-14-13-15-8-11(18-13)9-16(3)10(2)12-6-5-7-17-12/h5-8,10H,4,9H2,1-3H3,(H,14,15). The summed E-state index contributed by atoms with van der Waals surface area (Å²) in [6.45, 7) is 6.21. The van der Waals surface area contributed by atoms with E-state index in [1.165, 1.54) is 9.75 Å². The Morgan fingerprint density at radius 1 is 1.50 bits per heavy atom. The summed E-state index contributed by atoms with van der Waals surface area (Å²) < 4.78 is 0. The van der Waals surface area contributed by atoms with Gasteiger partial charge >= 0.3 is 0 Å². The Hall–Kier alpha value is -0.910. The van der Waals surface area contributed by atoms with Gasteiger partial charge in [0.25, 0.3) is 0 Å². The Bertz CT molecular complexity index is 464. The van der Waals surface area contributed by atoms with Crippen LogP contribution >= 0.6 is 22.7 Å². The molecule has 98 valence electrons. The molecule has 2 aromatic rings. The highest BCUT2D eigenvalue weighted by Gasteiger charge is 2.14. The average molecular weight is 281 g/mol. The van der Waals surface area contributed by atoms with E-state index >= 15 is 0 Å². The summed E-state index contributed by atoms with van der Waals surface area (Å²) in [6, 6.07) is 4.76. The molecule has 0 aliphatic rings. The van der Waals surface area contributed by atoms with Gasteiger partial charge in [0.05, 0.1) is 0 Å². The number of rotatable bonds is 6. The molecule has 0 spiro atoms. The maximum atomic E-state index is 4.36. The van der Waals surface area contributed by atoms with Crippen LogP contribution in [0.1, 0.15) is 29.6 Å². The molecule has 1 N–H and O–H groups in total. The molecule has 2 rings (SSSR count). The van der Waals surface area contributed by atoms with Crippen LogP contribution in [0.15, 0.2) is 23.7 Å². The molecule has 0 aliphatic carbocycles. The van der Waals surface area contributed by atoms with Crippen molar-refractivity contribution >= 4 is 27.8 Å². The van der Waals surface area contributed by atoms with Crippen molar-refractivity contribution in [2.24, 2.45) is 0 Å². The van der Waals surface area contributed by atoms with E-state index in [0.717, 1.165) is 18.2 Å². The van der Waals surface area contributed by atoms with Crippen molar-refractivity contribution in [3.8, 4) is 0 Å². The van der Waals surface area contributed by atoms with Gasteiger partial charge in [0, 0.05) is 35.1 Å². The lowest BCUT2D eigenvalue weighted by molar-refractivity contribution is 0.258. The van der Waals surface area contributed by atoms with Gasteiger partial charge in [-0.2, -0.15) is 0 Å². The number of nitrogens with zero attached hydrogens (tertiary/aromatic N) is 2. The fraction of sp³-hybridized carbons (Fsp3) is 0.462. The van der Waals surface area contributed by atoms with Crippen LogP contribution in [0.25, 0.3) is 0 Å². The molecule has 0 saturated carbocycles. The van der Waals surface area contributed by atoms with Crippen LogP contribution in [-0.2, 0) is 6.54 Å². The Balaban J connectivity index is 1.95. The van der Waals surface area contributed by atoms with Crippen molar-refractivity contribution < 1.29 is 0 Å². The lowest BCUT2D eigenvalue weighted by Gasteiger charge is -2.22. The first-order chi connectivity index (χ1) is 8.70. The minimum atomic E-state index is 0.453. The Labute approximate surface area is 116 Å². The summed E-state index contributed by atoms with van der Waals surface area (Å²) in [7, 11) is 2.16. The van der Waals surface area contributed by atoms with E-state index in [4.69, 9.17) is 0 Å². The number of hydrogen-bond acceptors (Lipinski definition) is 5. The molecule has 2 heterocycles. The van der Waals surface area contributed by atoms with Gasteiger partial charge < -0.3 is 5.32 Å². The SMILES string of the molecule is CCNc1ncc(CN(C)C(C)c2cccs2)s1. The molecule has 3 nitrogen and oxygen atoms in total. The van der Waals surface area contributed by atoms with Gasteiger partial charge in [0.2, 0.25) is 0 Å². The largest absolute Gasteiger partial charge is 0.362 e. The molecule has 1 atom stereocenters. The Kier molecular flexibility index (Phi) is 4.74. The monoisotopic (exact) mass is 281 g/mol. The second-order valence-electron chi connectivity index (χ2n) is 4.27. The molecule has 5 heteroatoms. The third-order valence-corrected chi connectivity index (χ3v) is 4.89. The van der Waals surface area contributed by atoms with E-state index in [0.29, 0.717) is 6.04 Å². The molecule has 0 fully saturated rings. The molecule has 2 aromatic heterocycles. The molecular formula is C13H19N3S2. The predicted molar refractivity (Wildman–Crippen MR) is 80.5 cm³/mol. The smallest absolute Gasteiger partial charge is 0.182 e. The van der Waals surface area contributed by atoms with Crippen LogP contribution in [0, 0.1) is 0 Å². The molecule has 0 aromatic carbocycles.